The lowest BCUT2D eigenvalue weighted by Crippen LogP contribution is -2.32. The summed E-state index contributed by atoms with van der Waals surface area (Å²) in [5.41, 5.74) is 3.93. The van der Waals surface area contributed by atoms with E-state index in [1.165, 1.54) is 22.7 Å². The Labute approximate surface area is 199 Å². The molecule has 168 valence electrons. The van der Waals surface area contributed by atoms with Gasteiger partial charge in [-0.2, -0.15) is 0 Å². The molecule has 1 aliphatic carbocycles. The molecule has 0 radical (unpaired) electrons. The topological polar surface area (TPSA) is 79.3 Å². The molecular formula is C22H25N5O2S3. The van der Waals surface area contributed by atoms with Gasteiger partial charge in [0.05, 0.1) is 11.4 Å². The Hall–Kier alpha value is -2.30. The number of thiazole rings is 1. The van der Waals surface area contributed by atoms with Crippen molar-refractivity contribution in [2.45, 2.75) is 63.1 Å². The smallest absolute Gasteiger partial charge is 0.230 e. The van der Waals surface area contributed by atoms with Gasteiger partial charge in [0.1, 0.15) is 0 Å². The fraction of sp³-hybridized carbons (Fsp3) is 0.409. The van der Waals surface area contributed by atoms with E-state index in [0.717, 1.165) is 39.7 Å². The minimum atomic E-state index is -0.0694. The number of hydrogen-bond donors (Lipinski definition) is 0. The maximum atomic E-state index is 12.4. The molecule has 0 saturated heterocycles. The van der Waals surface area contributed by atoms with Gasteiger partial charge < -0.3 is 0 Å². The van der Waals surface area contributed by atoms with Crippen LogP contribution in [-0.2, 0) is 15.3 Å². The highest BCUT2D eigenvalue weighted by molar-refractivity contribution is 8.00. The third-order valence-electron chi connectivity index (χ3n) is 5.07. The molecule has 1 saturated carbocycles. The molecule has 1 aromatic carbocycles. The van der Waals surface area contributed by atoms with Crippen LogP contribution in [0.25, 0.3) is 0 Å². The van der Waals surface area contributed by atoms with Gasteiger partial charge >= 0.3 is 0 Å². The first-order chi connectivity index (χ1) is 15.4. The zero-order valence-electron chi connectivity index (χ0n) is 18.5. The molecule has 0 N–H and O–H groups in total. The third kappa shape index (κ3) is 5.02. The number of rotatable bonds is 8. The fourth-order valence-corrected chi connectivity index (χ4v) is 6.20. The summed E-state index contributed by atoms with van der Waals surface area (Å²) >= 11 is 4.45. The van der Waals surface area contributed by atoms with Crippen LogP contribution in [-0.4, -0.2) is 33.0 Å². The molecule has 0 aliphatic heterocycles. The molecule has 0 spiro atoms. The number of nitrogens with zero attached hydrogens (tertiary/aromatic N) is 5. The summed E-state index contributed by atoms with van der Waals surface area (Å²) in [5.74, 6) is 0.648. The van der Waals surface area contributed by atoms with Crippen molar-refractivity contribution in [2.75, 3.05) is 9.80 Å². The van der Waals surface area contributed by atoms with Crippen molar-refractivity contribution >= 4 is 62.2 Å². The van der Waals surface area contributed by atoms with Gasteiger partial charge in [-0.25, -0.2) is 4.98 Å². The van der Waals surface area contributed by atoms with Gasteiger partial charge in [-0.1, -0.05) is 47.7 Å². The minimum Gasteiger partial charge on any atom is -0.284 e. The lowest BCUT2D eigenvalue weighted by molar-refractivity contribution is -0.118. The van der Waals surface area contributed by atoms with E-state index in [0.29, 0.717) is 22.4 Å². The molecule has 2 aromatic heterocycles. The van der Waals surface area contributed by atoms with Gasteiger partial charge in [-0.3, -0.25) is 19.4 Å². The van der Waals surface area contributed by atoms with Crippen molar-refractivity contribution in [1.82, 2.24) is 15.2 Å². The Bertz CT molecular complexity index is 1140. The third-order valence-corrected chi connectivity index (χ3v) is 8.03. The van der Waals surface area contributed by atoms with Crippen LogP contribution in [0, 0.1) is 13.8 Å². The molecule has 1 aliphatic rings. The summed E-state index contributed by atoms with van der Waals surface area (Å²) in [5, 5.41) is 11.8. The van der Waals surface area contributed by atoms with Crippen LogP contribution in [0.1, 0.15) is 49.9 Å². The Balaban J connectivity index is 1.46. The van der Waals surface area contributed by atoms with Crippen molar-refractivity contribution < 1.29 is 9.59 Å². The van der Waals surface area contributed by atoms with E-state index in [9.17, 15) is 9.59 Å². The number of amides is 2. The summed E-state index contributed by atoms with van der Waals surface area (Å²) in [7, 11) is 0. The molecule has 0 unspecified atom stereocenters. The summed E-state index contributed by atoms with van der Waals surface area (Å²) in [6.45, 7) is 7.47. The van der Waals surface area contributed by atoms with Gasteiger partial charge in [0.2, 0.25) is 16.9 Å². The van der Waals surface area contributed by atoms with Gasteiger partial charge in [0.15, 0.2) is 9.47 Å². The Morgan fingerprint density at radius 1 is 1.19 bits per heavy atom. The van der Waals surface area contributed by atoms with Crippen LogP contribution in [0.5, 0.6) is 0 Å². The molecule has 0 atom stereocenters. The zero-order valence-corrected chi connectivity index (χ0v) is 20.9. The quantitative estimate of drug-likeness (QED) is 0.309. The first-order valence-corrected chi connectivity index (χ1v) is 13.2. The molecule has 10 heteroatoms. The number of carbonyl (C=O) groups is 2. The average molecular weight is 488 g/mol. The van der Waals surface area contributed by atoms with Crippen molar-refractivity contribution in [3.8, 4) is 0 Å². The molecule has 0 bridgehead atoms. The fourth-order valence-electron chi connectivity index (χ4n) is 3.39. The zero-order chi connectivity index (χ0) is 22.8. The normalized spacial score (nSPS) is 13.2. The van der Waals surface area contributed by atoms with Crippen LogP contribution in [0.2, 0.25) is 0 Å². The van der Waals surface area contributed by atoms with Crippen LogP contribution < -0.4 is 9.80 Å². The largest absolute Gasteiger partial charge is 0.284 e. The predicted octanol–water partition coefficient (Wildman–Crippen LogP) is 5.49. The monoisotopic (exact) mass is 487 g/mol. The lowest BCUT2D eigenvalue weighted by Gasteiger charge is -2.20. The number of benzene rings is 1. The number of hydrogen-bond acceptors (Lipinski definition) is 8. The molecule has 32 heavy (non-hydrogen) atoms. The lowest BCUT2D eigenvalue weighted by atomic mass is 10.1. The molecule has 2 amide bonds. The van der Waals surface area contributed by atoms with Crippen LogP contribution in [0.15, 0.2) is 27.9 Å². The minimum absolute atomic E-state index is 0.0694. The standard InChI is InChI=1S/C22H25N5O2S3/c1-5-19(29)27(17-7-8-17)21-24-25-22(32-21)31-12-16-11-30-20(23-16)26(15(4)28)18-9-6-13(2)10-14(18)3/h6,9-11,17H,5,7-8,12H2,1-4H3. The van der Waals surface area contributed by atoms with E-state index >= 15 is 0 Å². The van der Waals surface area contributed by atoms with Crippen LogP contribution >= 0.6 is 34.4 Å². The van der Waals surface area contributed by atoms with Crippen LogP contribution in [0.3, 0.4) is 0 Å². The Morgan fingerprint density at radius 2 is 1.97 bits per heavy atom. The number of thioether (sulfide) groups is 1. The van der Waals surface area contributed by atoms with Gasteiger partial charge in [0.25, 0.3) is 0 Å². The molecule has 2 heterocycles. The SMILES string of the molecule is CCC(=O)N(c1nnc(SCc2csc(N(C(C)=O)c3ccc(C)cc3C)n2)s1)C1CC1. The first-order valence-electron chi connectivity index (χ1n) is 10.5. The van der Waals surface area contributed by atoms with Gasteiger partial charge in [0, 0.05) is 30.5 Å². The molecule has 1 fully saturated rings. The van der Waals surface area contributed by atoms with Crippen molar-refractivity contribution in [1.29, 1.82) is 0 Å². The summed E-state index contributed by atoms with van der Waals surface area (Å²) in [6, 6.07) is 6.31. The van der Waals surface area contributed by atoms with E-state index in [1.807, 2.05) is 38.3 Å². The van der Waals surface area contributed by atoms with Crippen molar-refractivity contribution in [3.05, 3.63) is 40.4 Å². The van der Waals surface area contributed by atoms with E-state index in [2.05, 4.69) is 16.3 Å². The van der Waals surface area contributed by atoms with E-state index in [4.69, 9.17) is 4.98 Å². The maximum Gasteiger partial charge on any atom is 0.230 e. The van der Waals surface area contributed by atoms with Gasteiger partial charge in [-0.15, -0.1) is 21.5 Å². The number of carbonyl (C=O) groups excluding carboxylic acids is 2. The second kappa shape index (κ2) is 9.68. The molecule has 3 aromatic rings. The van der Waals surface area contributed by atoms with Gasteiger partial charge in [-0.05, 0) is 38.3 Å². The maximum absolute atomic E-state index is 12.4. The van der Waals surface area contributed by atoms with E-state index < -0.39 is 0 Å². The van der Waals surface area contributed by atoms with E-state index in [-0.39, 0.29) is 17.9 Å². The van der Waals surface area contributed by atoms with E-state index in [1.54, 1.807) is 28.5 Å². The van der Waals surface area contributed by atoms with Crippen LogP contribution in [0.4, 0.5) is 16.0 Å². The van der Waals surface area contributed by atoms with Crippen molar-refractivity contribution in [3.63, 3.8) is 0 Å². The number of anilines is 3. The highest BCUT2D eigenvalue weighted by atomic mass is 32.2. The Morgan fingerprint density at radius 3 is 2.62 bits per heavy atom. The summed E-state index contributed by atoms with van der Waals surface area (Å²) in [6.07, 6.45) is 2.53. The second-order valence-electron chi connectivity index (χ2n) is 7.75. The number of aryl methyl sites for hydroxylation is 2. The summed E-state index contributed by atoms with van der Waals surface area (Å²) < 4.78 is 0.807. The highest BCUT2D eigenvalue weighted by Gasteiger charge is 2.35. The molecule has 4 rings (SSSR count). The highest BCUT2D eigenvalue weighted by Crippen LogP contribution is 2.38. The van der Waals surface area contributed by atoms with Crippen molar-refractivity contribution in [2.24, 2.45) is 0 Å². The summed E-state index contributed by atoms with van der Waals surface area (Å²) in [4.78, 5) is 32.9. The molecular weight excluding hydrogens is 462 g/mol. The Kier molecular flexibility index (Phi) is 6.92. The molecule has 7 nitrogen and oxygen atoms in total. The average Bonchev–Trinajstić information content (AvgIpc) is 3.28. The number of aromatic nitrogens is 3. The second-order valence-corrected chi connectivity index (χ2v) is 10.8. The predicted molar refractivity (Wildman–Crippen MR) is 131 cm³/mol. The first kappa shape index (κ1) is 22.9.